The molecule has 2 atom stereocenters. The number of carboxylic acid groups (broad SMARTS) is 1. The van der Waals surface area contributed by atoms with Crippen molar-refractivity contribution in [1.82, 2.24) is 5.16 Å². The van der Waals surface area contributed by atoms with E-state index in [9.17, 15) is 9.59 Å². The van der Waals surface area contributed by atoms with Gasteiger partial charge in [0.25, 0.3) is 0 Å². The van der Waals surface area contributed by atoms with E-state index >= 15 is 0 Å². The third kappa shape index (κ3) is 6.26. The number of hydrogen-bond donors (Lipinski definition) is 2. The van der Waals surface area contributed by atoms with Gasteiger partial charge in [0.1, 0.15) is 29.9 Å². The molecule has 0 bridgehead atoms. The molecule has 1 unspecified atom stereocenters. The summed E-state index contributed by atoms with van der Waals surface area (Å²) in [6.45, 7) is 3.62. The van der Waals surface area contributed by atoms with Crippen LogP contribution in [-0.2, 0) is 16.2 Å². The van der Waals surface area contributed by atoms with E-state index in [0.29, 0.717) is 32.8 Å². The van der Waals surface area contributed by atoms with Gasteiger partial charge >= 0.3 is 5.97 Å². The lowest BCUT2D eigenvalue weighted by atomic mass is 9.96. The van der Waals surface area contributed by atoms with E-state index in [0.717, 1.165) is 11.1 Å². The maximum absolute atomic E-state index is 12.1. The molecule has 0 amide bonds. The van der Waals surface area contributed by atoms with Gasteiger partial charge in [0.2, 0.25) is 0 Å². The van der Waals surface area contributed by atoms with Crippen LogP contribution in [0, 0.1) is 12.8 Å². The predicted molar refractivity (Wildman–Crippen MR) is 131 cm³/mol. The fraction of sp³-hybridized carbons (Fsp3) is 0.240. The Labute approximate surface area is 207 Å². The van der Waals surface area contributed by atoms with Gasteiger partial charge in [-0.1, -0.05) is 59.6 Å². The van der Waals surface area contributed by atoms with Crippen molar-refractivity contribution in [2.45, 2.75) is 32.9 Å². The fourth-order valence-electron chi connectivity index (χ4n) is 3.26. The Balaban J connectivity index is 1.63. The van der Waals surface area contributed by atoms with E-state index in [2.05, 4.69) is 5.16 Å². The molecular weight excluding hydrogens is 479 g/mol. The molecule has 0 aliphatic heterocycles. The molecule has 0 radical (unpaired) electrons. The lowest BCUT2D eigenvalue weighted by Crippen LogP contribution is -2.37. The summed E-state index contributed by atoms with van der Waals surface area (Å²) in [6, 6.07) is 11.3. The van der Waals surface area contributed by atoms with Gasteiger partial charge in [-0.2, -0.15) is 0 Å². The average molecular weight is 503 g/mol. The number of hydrogen-bond acceptors (Lipinski definition) is 6. The van der Waals surface area contributed by atoms with Crippen LogP contribution < -0.4 is 10.5 Å². The normalized spacial score (nSPS) is 13.1. The molecule has 0 aliphatic rings. The summed E-state index contributed by atoms with van der Waals surface area (Å²) >= 11 is 12.6. The third-order valence-corrected chi connectivity index (χ3v) is 5.96. The predicted octanol–water partition coefficient (Wildman–Crippen LogP) is 5.56. The Bertz CT molecular complexity index is 1180. The summed E-state index contributed by atoms with van der Waals surface area (Å²) in [7, 11) is 0. The largest absolute Gasteiger partial charge is 0.489 e. The molecular formula is C25H24Cl2N2O5. The fourth-order valence-corrected chi connectivity index (χ4v) is 3.83. The highest BCUT2D eigenvalue weighted by Crippen LogP contribution is 2.37. The van der Waals surface area contributed by atoms with E-state index in [1.165, 1.54) is 6.08 Å². The number of aliphatic carboxylic acids is 1. The van der Waals surface area contributed by atoms with Crippen molar-refractivity contribution in [1.29, 1.82) is 0 Å². The van der Waals surface area contributed by atoms with E-state index in [4.69, 9.17) is 43.3 Å². The number of carboxylic acids is 1. The van der Waals surface area contributed by atoms with Gasteiger partial charge in [0.05, 0.1) is 15.6 Å². The number of aryl methyl sites for hydroxylation is 1. The molecule has 1 aromatic heterocycles. The van der Waals surface area contributed by atoms with Gasteiger partial charge in [-0.3, -0.25) is 9.59 Å². The molecule has 3 rings (SSSR count). The Kier molecular flexibility index (Phi) is 8.50. The van der Waals surface area contributed by atoms with Crippen LogP contribution in [0.3, 0.4) is 0 Å². The molecule has 3 aromatic rings. The number of carbonyl (C=O) groups is 2. The zero-order valence-corrected chi connectivity index (χ0v) is 20.1. The van der Waals surface area contributed by atoms with Crippen molar-refractivity contribution in [2.24, 2.45) is 11.7 Å². The van der Waals surface area contributed by atoms with Gasteiger partial charge in [-0.25, -0.2) is 0 Å². The maximum atomic E-state index is 12.1. The third-order valence-electron chi connectivity index (χ3n) is 5.33. The lowest BCUT2D eigenvalue weighted by molar-refractivity contribution is -0.139. The number of halogens is 2. The summed E-state index contributed by atoms with van der Waals surface area (Å²) in [5, 5.41) is 14.0. The molecule has 34 heavy (non-hydrogen) atoms. The second-order valence-electron chi connectivity index (χ2n) is 7.87. The van der Waals surface area contributed by atoms with Crippen molar-refractivity contribution in [3.63, 3.8) is 0 Å². The van der Waals surface area contributed by atoms with E-state index in [-0.39, 0.29) is 18.8 Å². The van der Waals surface area contributed by atoms with Gasteiger partial charge in [-0.05, 0) is 48.7 Å². The van der Waals surface area contributed by atoms with Crippen molar-refractivity contribution in [3.05, 3.63) is 75.5 Å². The van der Waals surface area contributed by atoms with Gasteiger partial charge in [-0.15, -0.1) is 0 Å². The lowest BCUT2D eigenvalue weighted by Gasteiger charge is -2.13. The second-order valence-corrected chi connectivity index (χ2v) is 8.68. The zero-order chi connectivity index (χ0) is 24.8. The van der Waals surface area contributed by atoms with Crippen LogP contribution in [0.1, 0.15) is 30.2 Å². The molecule has 9 heteroatoms. The van der Waals surface area contributed by atoms with Crippen molar-refractivity contribution in [3.8, 4) is 17.0 Å². The van der Waals surface area contributed by atoms with Crippen LogP contribution in [0.2, 0.25) is 10.0 Å². The zero-order valence-electron chi connectivity index (χ0n) is 18.6. The Morgan fingerprint density at radius 1 is 1.18 bits per heavy atom. The number of nitrogens with two attached hydrogens (primary N) is 1. The molecule has 0 fully saturated rings. The molecule has 2 aromatic carbocycles. The number of nitrogens with zero attached hydrogens (tertiary/aromatic N) is 1. The van der Waals surface area contributed by atoms with E-state index < -0.39 is 17.9 Å². The first kappa shape index (κ1) is 25.5. The number of benzene rings is 2. The standard InChI is InChI=1S/C25H24Cl2N2O5/c1-14(23(28)25(31)32)12-17(30)9-6-16-7-10-18(11-8-16)33-13-19-15(2)34-29-24(19)22-20(26)4-3-5-21(22)27/h3-11,14,23H,12-13,28H2,1-2H3,(H,31,32)/t14?,23-/m0/s1. The van der Waals surface area contributed by atoms with Crippen LogP contribution in [0.5, 0.6) is 5.75 Å². The summed E-state index contributed by atoms with van der Waals surface area (Å²) in [6.07, 6.45) is 3.13. The molecule has 0 aliphatic carbocycles. The molecule has 3 N–H and O–H groups in total. The first-order valence-corrected chi connectivity index (χ1v) is 11.2. The first-order chi connectivity index (χ1) is 16.2. The topological polar surface area (TPSA) is 116 Å². The number of rotatable bonds is 10. The minimum Gasteiger partial charge on any atom is -0.489 e. The summed E-state index contributed by atoms with van der Waals surface area (Å²) < 4.78 is 11.3. The number of carbonyl (C=O) groups excluding carboxylic acids is 1. The minimum atomic E-state index is -1.12. The molecule has 178 valence electrons. The van der Waals surface area contributed by atoms with Crippen LogP contribution in [-0.4, -0.2) is 28.1 Å². The van der Waals surface area contributed by atoms with Gasteiger partial charge in [0.15, 0.2) is 5.78 Å². The Hall–Kier alpha value is -3.13. The number of ketones is 1. The SMILES string of the molecule is Cc1onc(-c2c(Cl)cccc2Cl)c1COc1ccc(C=CC(=O)CC(C)[C@H](N)C(=O)O)cc1. The Morgan fingerprint density at radius 2 is 1.82 bits per heavy atom. The quantitative estimate of drug-likeness (QED) is 0.348. The minimum absolute atomic E-state index is 0.0566. The molecule has 0 spiro atoms. The number of aromatic nitrogens is 1. The van der Waals surface area contributed by atoms with E-state index in [1.807, 2.05) is 0 Å². The first-order valence-electron chi connectivity index (χ1n) is 10.5. The van der Waals surface area contributed by atoms with Crippen molar-refractivity contribution < 1.29 is 24.0 Å². The Morgan fingerprint density at radius 3 is 2.44 bits per heavy atom. The summed E-state index contributed by atoms with van der Waals surface area (Å²) in [4.78, 5) is 23.0. The van der Waals surface area contributed by atoms with E-state index in [1.54, 1.807) is 62.4 Å². The number of allylic oxidation sites excluding steroid dienone is 1. The molecule has 0 saturated heterocycles. The van der Waals surface area contributed by atoms with Crippen LogP contribution in [0.15, 0.2) is 53.1 Å². The van der Waals surface area contributed by atoms with Crippen LogP contribution in [0.4, 0.5) is 0 Å². The highest BCUT2D eigenvalue weighted by Gasteiger charge is 2.22. The highest BCUT2D eigenvalue weighted by atomic mass is 35.5. The van der Waals surface area contributed by atoms with Gasteiger partial charge in [0, 0.05) is 12.0 Å². The van der Waals surface area contributed by atoms with Crippen molar-refractivity contribution in [2.75, 3.05) is 0 Å². The smallest absolute Gasteiger partial charge is 0.320 e. The molecule has 7 nitrogen and oxygen atoms in total. The van der Waals surface area contributed by atoms with Crippen LogP contribution >= 0.6 is 23.2 Å². The summed E-state index contributed by atoms with van der Waals surface area (Å²) in [5.41, 5.74) is 8.19. The highest BCUT2D eigenvalue weighted by molar-refractivity contribution is 6.39. The number of ether oxygens (including phenoxy) is 1. The average Bonchev–Trinajstić information content (AvgIpc) is 3.16. The maximum Gasteiger partial charge on any atom is 0.320 e. The summed E-state index contributed by atoms with van der Waals surface area (Å²) in [5.74, 6) is -0.569. The molecule has 0 saturated carbocycles. The van der Waals surface area contributed by atoms with Gasteiger partial charge < -0.3 is 20.1 Å². The van der Waals surface area contributed by atoms with Crippen molar-refractivity contribution >= 4 is 41.0 Å². The second kappa shape index (κ2) is 11.3. The van der Waals surface area contributed by atoms with Crippen LogP contribution in [0.25, 0.3) is 17.3 Å². The monoisotopic (exact) mass is 502 g/mol. The molecule has 1 heterocycles.